The van der Waals surface area contributed by atoms with E-state index in [9.17, 15) is 0 Å². The van der Waals surface area contributed by atoms with Crippen molar-refractivity contribution in [2.24, 2.45) is 5.73 Å². The molecule has 0 spiro atoms. The monoisotopic (exact) mass is 289 g/mol. The van der Waals surface area contributed by atoms with Gasteiger partial charge in [-0.05, 0) is 37.1 Å². The van der Waals surface area contributed by atoms with E-state index in [1.807, 2.05) is 24.3 Å². The molecule has 0 bridgehead atoms. The van der Waals surface area contributed by atoms with Gasteiger partial charge in [-0.25, -0.2) is 0 Å². The van der Waals surface area contributed by atoms with Gasteiger partial charge in [-0.3, -0.25) is 0 Å². The molecule has 1 aromatic heterocycles. The van der Waals surface area contributed by atoms with Gasteiger partial charge in [0, 0.05) is 0 Å². The smallest absolute Gasteiger partial charge is 0.264 e. The Morgan fingerprint density at radius 3 is 2.52 bits per heavy atom. The van der Waals surface area contributed by atoms with E-state index in [4.69, 9.17) is 19.7 Å². The van der Waals surface area contributed by atoms with Gasteiger partial charge in [0.05, 0.1) is 12.6 Å². The van der Waals surface area contributed by atoms with Crippen LogP contribution < -0.4 is 15.2 Å². The Hall–Kier alpha value is -2.08. The number of rotatable bonds is 5. The van der Waals surface area contributed by atoms with Crippen molar-refractivity contribution in [3.63, 3.8) is 0 Å². The molecule has 2 N–H and O–H groups in total. The highest BCUT2D eigenvalue weighted by molar-refractivity contribution is 5.31. The molecule has 1 aliphatic rings. The van der Waals surface area contributed by atoms with Gasteiger partial charge < -0.3 is 19.7 Å². The van der Waals surface area contributed by atoms with E-state index in [1.54, 1.807) is 7.11 Å². The maximum Gasteiger partial charge on any atom is 0.264 e. The first-order chi connectivity index (χ1) is 10.2. The van der Waals surface area contributed by atoms with Crippen LogP contribution in [0.5, 0.6) is 11.5 Å². The first-order valence-electron chi connectivity index (χ1n) is 7.08. The number of nitrogens with zero attached hydrogens (tertiary/aromatic N) is 2. The van der Waals surface area contributed by atoms with Crippen molar-refractivity contribution in [3.05, 3.63) is 36.0 Å². The Kier molecular flexibility index (Phi) is 3.79. The Morgan fingerprint density at radius 2 is 1.86 bits per heavy atom. The van der Waals surface area contributed by atoms with E-state index in [-0.39, 0.29) is 6.61 Å². The Morgan fingerprint density at radius 1 is 1.19 bits per heavy atom. The lowest BCUT2D eigenvalue weighted by molar-refractivity contribution is 0.241. The normalized spacial score (nSPS) is 16.9. The summed E-state index contributed by atoms with van der Waals surface area (Å²) in [4.78, 5) is 4.36. The summed E-state index contributed by atoms with van der Waals surface area (Å²) in [6, 6.07) is 7.33. The van der Waals surface area contributed by atoms with Gasteiger partial charge >= 0.3 is 0 Å². The maximum absolute atomic E-state index is 6.29. The van der Waals surface area contributed by atoms with Gasteiger partial charge in [-0.2, -0.15) is 4.98 Å². The number of nitrogens with two attached hydrogens (primary N) is 1. The number of aromatic nitrogens is 2. The largest absolute Gasteiger partial charge is 0.497 e. The van der Waals surface area contributed by atoms with Crippen molar-refractivity contribution in [2.45, 2.75) is 37.8 Å². The first kappa shape index (κ1) is 13.9. The fourth-order valence-electron chi connectivity index (χ4n) is 2.56. The van der Waals surface area contributed by atoms with Crippen molar-refractivity contribution in [3.8, 4) is 11.5 Å². The summed E-state index contributed by atoms with van der Waals surface area (Å²) >= 11 is 0. The van der Waals surface area contributed by atoms with Crippen LogP contribution in [0.2, 0.25) is 0 Å². The molecular weight excluding hydrogens is 270 g/mol. The topological polar surface area (TPSA) is 83.4 Å². The van der Waals surface area contributed by atoms with Gasteiger partial charge in [0.25, 0.3) is 5.89 Å². The van der Waals surface area contributed by atoms with Crippen LogP contribution in [0, 0.1) is 0 Å². The van der Waals surface area contributed by atoms with E-state index in [0.717, 1.165) is 37.2 Å². The molecule has 0 radical (unpaired) electrons. The van der Waals surface area contributed by atoms with E-state index in [1.165, 1.54) is 0 Å². The third-order valence-electron chi connectivity index (χ3n) is 3.83. The zero-order valence-corrected chi connectivity index (χ0v) is 12.0. The molecule has 0 atom stereocenters. The van der Waals surface area contributed by atoms with Crippen LogP contribution in [0.1, 0.15) is 37.4 Å². The Balaban J connectivity index is 1.61. The number of hydrogen-bond acceptors (Lipinski definition) is 6. The molecule has 112 valence electrons. The van der Waals surface area contributed by atoms with Crippen LogP contribution in [0.4, 0.5) is 0 Å². The minimum absolute atomic E-state index is 0.232. The minimum atomic E-state index is -0.429. The van der Waals surface area contributed by atoms with Crippen LogP contribution in [-0.2, 0) is 12.1 Å². The maximum atomic E-state index is 6.29. The molecule has 0 unspecified atom stereocenters. The molecule has 6 nitrogen and oxygen atoms in total. The van der Waals surface area contributed by atoms with Crippen LogP contribution in [0.15, 0.2) is 28.8 Å². The molecule has 1 saturated carbocycles. The fraction of sp³-hybridized carbons (Fsp3) is 0.467. The predicted octanol–water partition coefficient (Wildman–Crippen LogP) is 2.39. The number of ether oxygens (including phenoxy) is 2. The van der Waals surface area contributed by atoms with Gasteiger partial charge in [0.15, 0.2) is 12.4 Å². The summed E-state index contributed by atoms with van der Waals surface area (Å²) in [6.07, 6.45) is 4.04. The summed E-state index contributed by atoms with van der Waals surface area (Å²) < 4.78 is 15.9. The molecule has 6 heteroatoms. The third kappa shape index (κ3) is 3.00. The second-order valence-electron chi connectivity index (χ2n) is 5.34. The number of hydrogen-bond donors (Lipinski definition) is 1. The quantitative estimate of drug-likeness (QED) is 0.910. The molecular formula is C15H19N3O3. The molecule has 1 aliphatic carbocycles. The first-order valence-corrected chi connectivity index (χ1v) is 7.08. The van der Waals surface area contributed by atoms with E-state index in [2.05, 4.69) is 10.1 Å². The van der Waals surface area contributed by atoms with Crippen LogP contribution in [0.25, 0.3) is 0 Å². The molecule has 1 heterocycles. The lowest BCUT2D eigenvalue weighted by Crippen LogP contribution is -2.34. The SMILES string of the molecule is COc1ccc(OCc2nc(C3(N)CCCC3)no2)cc1. The standard InChI is InChI=1S/C15H19N3O3/c1-19-11-4-6-12(7-5-11)20-10-13-17-14(18-21-13)15(16)8-2-3-9-15/h4-7H,2-3,8-10,16H2,1H3. The minimum Gasteiger partial charge on any atom is -0.497 e. The summed E-state index contributed by atoms with van der Waals surface area (Å²) in [6.45, 7) is 0.232. The fourth-order valence-corrected chi connectivity index (χ4v) is 2.56. The van der Waals surface area contributed by atoms with Gasteiger partial charge in [-0.1, -0.05) is 18.0 Å². The van der Waals surface area contributed by atoms with E-state index in [0.29, 0.717) is 11.7 Å². The lowest BCUT2D eigenvalue weighted by atomic mass is 9.99. The second-order valence-corrected chi connectivity index (χ2v) is 5.34. The highest BCUT2D eigenvalue weighted by Gasteiger charge is 2.35. The molecule has 21 heavy (non-hydrogen) atoms. The molecule has 3 rings (SSSR count). The van der Waals surface area contributed by atoms with E-state index < -0.39 is 5.54 Å². The summed E-state index contributed by atoms with van der Waals surface area (Å²) in [5.74, 6) is 2.54. The molecule has 0 aliphatic heterocycles. The molecule has 0 saturated heterocycles. The van der Waals surface area contributed by atoms with Crippen LogP contribution >= 0.6 is 0 Å². The molecule has 1 fully saturated rings. The summed E-state index contributed by atoms with van der Waals surface area (Å²) in [7, 11) is 1.63. The summed E-state index contributed by atoms with van der Waals surface area (Å²) in [5.41, 5.74) is 5.86. The second kappa shape index (κ2) is 5.73. The average Bonchev–Trinajstić information content (AvgIpc) is 3.15. The Labute approximate surface area is 123 Å². The lowest BCUT2D eigenvalue weighted by Gasteiger charge is -2.17. The highest BCUT2D eigenvalue weighted by Crippen LogP contribution is 2.34. The van der Waals surface area contributed by atoms with Crippen LogP contribution in [0.3, 0.4) is 0 Å². The van der Waals surface area contributed by atoms with Crippen molar-refractivity contribution >= 4 is 0 Å². The summed E-state index contributed by atoms with van der Waals surface area (Å²) in [5, 5.41) is 4.00. The van der Waals surface area contributed by atoms with Gasteiger partial charge in [-0.15, -0.1) is 0 Å². The van der Waals surface area contributed by atoms with Crippen molar-refractivity contribution in [1.29, 1.82) is 0 Å². The molecule has 2 aromatic rings. The van der Waals surface area contributed by atoms with Gasteiger partial charge in [0.1, 0.15) is 11.5 Å². The molecule has 1 aromatic carbocycles. The predicted molar refractivity (Wildman–Crippen MR) is 76.0 cm³/mol. The van der Waals surface area contributed by atoms with Crippen LogP contribution in [-0.4, -0.2) is 17.3 Å². The van der Waals surface area contributed by atoms with Crippen molar-refractivity contribution in [2.75, 3.05) is 7.11 Å². The number of benzene rings is 1. The average molecular weight is 289 g/mol. The highest BCUT2D eigenvalue weighted by atomic mass is 16.5. The van der Waals surface area contributed by atoms with Crippen molar-refractivity contribution < 1.29 is 14.0 Å². The molecule has 0 amide bonds. The Bertz CT molecular complexity index is 588. The van der Waals surface area contributed by atoms with E-state index >= 15 is 0 Å². The zero-order valence-electron chi connectivity index (χ0n) is 12.0. The van der Waals surface area contributed by atoms with Crippen molar-refractivity contribution in [1.82, 2.24) is 10.1 Å². The zero-order chi connectivity index (χ0) is 14.7. The van der Waals surface area contributed by atoms with Gasteiger partial charge in [0.2, 0.25) is 0 Å². The third-order valence-corrected chi connectivity index (χ3v) is 3.83. The number of methoxy groups -OCH3 is 1.